The zero-order valence-corrected chi connectivity index (χ0v) is 26.8. The predicted octanol–water partition coefficient (Wildman–Crippen LogP) is 4.11. The largest absolute Gasteiger partial charge is 0.480 e. The van der Waals surface area contributed by atoms with E-state index in [1.807, 2.05) is 11.6 Å². The fourth-order valence-electron chi connectivity index (χ4n) is 5.43. The molecule has 1 unspecified atom stereocenters. The summed E-state index contributed by atoms with van der Waals surface area (Å²) in [6.07, 6.45) is 2.02. The van der Waals surface area contributed by atoms with Crippen molar-refractivity contribution in [2.45, 2.75) is 63.4 Å². The van der Waals surface area contributed by atoms with Crippen LogP contribution < -0.4 is 14.3 Å². The van der Waals surface area contributed by atoms with Crippen molar-refractivity contribution in [1.82, 2.24) is 24.6 Å². The number of nitrogens with one attached hydrogen (secondary N) is 1. The molecule has 5 heterocycles. The number of carbonyl (C=O) groups is 1. The molecule has 2 N–H and O–H groups in total. The second kappa shape index (κ2) is 12.8. The molecule has 0 amide bonds. The summed E-state index contributed by atoms with van der Waals surface area (Å²) >= 11 is 1.45. The van der Waals surface area contributed by atoms with Gasteiger partial charge in [-0.05, 0) is 32.9 Å². The van der Waals surface area contributed by atoms with Gasteiger partial charge in [0.2, 0.25) is 5.88 Å². The molecule has 1 spiro atoms. The second-order valence-corrected chi connectivity index (χ2v) is 13.5. The molecular formula is C29H34N5O9PS. The molecule has 6 atom stereocenters. The van der Waals surface area contributed by atoms with Crippen LogP contribution in [0, 0.1) is 0 Å². The molecule has 3 aromatic heterocycles. The maximum Gasteiger partial charge on any atom is 0.459 e. The third kappa shape index (κ3) is 6.09. The minimum atomic E-state index is -4.21. The van der Waals surface area contributed by atoms with Crippen LogP contribution in [0.1, 0.15) is 33.4 Å². The van der Waals surface area contributed by atoms with E-state index in [0.717, 1.165) is 10.6 Å². The average Bonchev–Trinajstić information content (AvgIpc) is 3.72. The molecule has 2 aliphatic rings. The molecule has 0 bridgehead atoms. The normalized spacial score (nSPS) is 24.8. The molecule has 2 saturated heterocycles. The highest BCUT2D eigenvalue weighted by molar-refractivity contribution is 7.52. The maximum atomic E-state index is 14.0. The average molecular weight is 660 g/mol. The summed E-state index contributed by atoms with van der Waals surface area (Å²) < 4.78 is 50.7. The molecule has 0 radical (unpaired) electrons. The van der Waals surface area contributed by atoms with Crippen LogP contribution in [0.15, 0.2) is 54.4 Å². The van der Waals surface area contributed by atoms with E-state index in [2.05, 4.69) is 20.0 Å². The van der Waals surface area contributed by atoms with E-state index in [-0.39, 0.29) is 18.5 Å². The maximum absolute atomic E-state index is 14.0. The van der Waals surface area contributed by atoms with Gasteiger partial charge in [-0.15, -0.1) is 11.3 Å². The van der Waals surface area contributed by atoms with Gasteiger partial charge in [-0.3, -0.25) is 9.32 Å². The van der Waals surface area contributed by atoms with Crippen molar-refractivity contribution in [1.29, 1.82) is 0 Å². The Balaban J connectivity index is 1.29. The number of esters is 1. The first-order valence-electron chi connectivity index (χ1n) is 14.4. The lowest BCUT2D eigenvalue weighted by Crippen LogP contribution is -2.56. The summed E-state index contributed by atoms with van der Waals surface area (Å²) in [5, 5.41) is 17.5. The van der Waals surface area contributed by atoms with E-state index in [4.69, 9.17) is 28.0 Å². The highest BCUT2D eigenvalue weighted by atomic mass is 32.1. The fourth-order valence-corrected chi connectivity index (χ4v) is 7.58. The van der Waals surface area contributed by atoms with Crippen LogP contribution in [0.3, 0.4) is 0 Å². The number of aliphatic hydroxyl groups is 1. The van der Waals surface area contributed by atoms with Crippen molar-refractivity contribution in [3.8, 4) is 22.2 Å². The monoisotopic (exact) mass is 659 g/mol. The fraction of sp³-hybridized carbons (Fsp3) is 0.448. The van der Waals surface area contributed by atoms with Crippen LogP contribution in [0.5, 0.6) is 11.6 Å². The number of para-hydroxylation sites is 1. The third-order valence-corrected chi connectivity index (χ3v) is 10.0. The Kier molecular flexibility index (Phi) is 8.94. The van der Waals surface area contributed by atoms with Gasteiger partial charge >= 0.3 is 13.7 Å². The lowest BCUT2D eigenvalue weighted by atomic mass is 9.86. The topological polar surface area (TPSA) is 165 Å². The van der Waals surface area contributed by atoms with Gasteiger partial charge in [0.05, 0.1) is 31.8 Å². The number of aliphatic hydroxyl groups excluding tert-OH is 1. The Labute approximate surface area is 263 Å². The van der Waals surface area contributed by atoms with Gasteiger partial charge in [-0.2, -0.15) is 5.09 Å². The summed E-state index contributed by atoms with van der Waals surface area (Å²) in [6.45, 7) is 4.97. The van der Waals surface area contributed by atoms with Crippen LogP contribution in [0.2, 0.25) is 0 Å². The van der Waals surface area contributed by atoms with Gasteiger partial charge in [0, 0.05) is 29.8 Å². The minimum Gasteiger partial charge on any atom is -0.480 e. The highest BCUT2D eigenvalue weighted by Crippen LogP contribution is 2.52. The molecule has 0 aliphatic carbocycles. The number of ether oxygens (including phenoxy) is 4. The minimum absolute atomic E-state index is 0.254. The van der Waals surface area contributed by atoms with E-state index in [0.29, 0.717) is 29.9 Å². The SMILES string of the molecule is COc1ncnc2c1c(-c1nccs1)cn2[C@@H]1O[C@H](COP(=O)(N[C@@H](C)C(=O)OC(C)C)Oc2ccccc2)[C@@H](O)[C@]12CCO2. The number of hydrogen-bond acceptors (Lipinski definition) is 13. The van der Waals surface area contributed by atoms with Gasteiger partial charge in [0.1, 0.15) is 46.6 Å². The Morgan fingerprint density at radius 2 is 2.02 bits per heavy atom. The lowest BCUT2D eigenvalue weighted by Gasteiger charge is -2.44. The third-order valence-electron chi connectivity index (χ3n) is 7.56. The predicted molar refractivity (Wildman–Crippen MR) is 163 cm³/mol. The van der Waals surface area contributed by atoms with Crippen LogP contribution >= 0.6 is 19.1 Å². The summed E-state index contributed by atoms with van der Waals surface area (Å²) in [4.78, 5) is 25.8. The van der Waals surface area contributed by atoms with Gasteiger partial charge in [-0.1, -0.05) is 18.2 Å². The summed E-state index contributed by atoms with van der Waals surface area (Å²) in [7, 11) is -2.68. The van der Waals surface area contributed by atoms with Crippen molar-refractivity contribution in [3.63, 3.8) is 0 Å². The van der Waals surface area contributed by atoms with Crippen LogP contribution in [0.25, 0.3) is 21.6 Å². The molecule has 2 fully saturated rings. The molecule has 4 aromatic rings. The van der Waals surface area contributed by atoms with E-state index in [1.165, 1.54) is 31.7 Å². The molecule has 2 aliphatic heterocycles. The zero-order chi connectivity index (χ0) is 31.8. The Morgan fingerprint density at radius 3 is 2.67 bits per heavy atom. The number of carbonyl (C=O) groups excluding carboxylic acids is 1. The molecular weight excluding hydrogens is 625 g/mol. The number of fused-ring (bicyclic) bond motifs is 1. The summed E-state index contributed by atoms with van der Waals surface area (Å²) in [5.74, 6) is -0.0110. The number of benzene rings is 1. The molecule has 1 aromatic carbocycles. The standard InChI is InChI=1S/C29H34N5O9PS/c1-17(2)41-27(36)18(3)33-44(37,43-19-8-6-5-7-9-19)40-15-21-23(35)29(10-12-39-29)28(42-21)34-14-20(26-30-11-13-45-26)22-24(34)31-16-32-25(22)38-4/h5-9,11,13-14,16-18,21,23,28,35H,10,12,15H2,1-4H3,(H,33,37)/t18-,21+,23+,28+,29+,44?/m0/s1. The Hall–Kier alpha value is -3.43. The molecule has 240 valence electrons. The van der Waals surface area contributed by atoms with Crippen LogP contribution in [-0.4, -0.2) is 80.9 Å². The number of nitrogens with zero attached hydrogens (tertiary/aromatic N) is 4. The number of thiazole rings is 1. The van der Waals surface area contributed by atoms with Crippen molar-refractivity contribution in [3.05, 3.63) is 54.4 Å². The summed E-state index contributed by atoms with van der Waals surface area (Å²) in [6, 6.07) is 7.38. The Bertz CT molecular complexity index is 1680. The van der Waals surface area contributed by atoms with Gasteiger partial charge in [-0.25, -0.2) is 19.5 Å². The Morgan fingerprint density at radius 1 is 1.24 bits per heavy atom. The van der Waals surface area contributed by atoms with Gasteiger partial charge in [0.25, 0.3) is 0 Å². The molecule has 45 heavy (non-hydrogen) atoms. The lowest BCUT2D eigenvalue weighted by molar-refractivity contribution is -0.225. The zero-order valence-electron chi connectivity index (χ0n) is 25.1. The quantitative estimate of drug-likeness (QED) is 0.165. The van der Waals surface area contributed by atoms with Crippen LogP contribution in [0.4, 0.5) is 0 Å². The van der Waals surface area contributed by atoms with E-state index < -0.39 is 43.8 Å². The number of rotatable bonds is 12. The number of aromatic nitrogens is 4. The molecule has 14 nitrogen and oxygen atoms in total. The first-order chi connectivity index (χ1) is 21.6. The first kappa shape index (κ1) is 31.5. The van der Waals surface area contributed by atoms with Crippen molar-refractivity contribution < 1.29 is 42.5 Å². The van der Waals surface area contributed by atoms with Crippen LogP contribution in [-0.2, 0) is 28.1 Å². The van der Waals surface area contributed by atoms with Crippen molar-refractivity contribution in [2.75, 3.05) is 20.3 Å². The number of hydrogen-bond donors (Lipinski definition) is 2. The van der Waals surface area contributed by atoms with Crippen molar-refractivity contribution >= 4 is 36.1 Å². The molecule has 16 heteroatoms. The smallest absolute Gasteiger partial charge is 0.459 e. The van der Waals surface area contributed by atoms with Gasteiger partial charge < -0.3 is 33.1 Å². The van der Waals surface area contributed by atoms with E-state index in [9.17, 15) is 14.5 Å². The second-order valence-electron chi connectivity index (χ2n) is 10.9. The van der Waals surface area contributed by atoms with Crippen molar-refractivity contribution in [2.24, 2.45) is 0 Å². The summed E-state index contributed by atoms with van der Waals surface area (Å²) in [5.41, 5.74) is 0.0968. The first-order valence-corrected chi connectivity index (χ1v) is 16.8. The number of methoxy groups -OCH3 is 1. The van der Waals surface area contributed by atoms with Gasteiger partial charge in [0.15, 0.2) is 6.23 Å². The van der Waals surface area contributed by atoms with E-state index in [1.54, 1.807) is 54.9 Å². The molecule has 0 saturated carbocycles. The molecule has 6 rings (SSSR count). The van der Waals surface area contributed by atoms with E-state index >= 15 is 0 Å². The highest BCUT2D eigenvalue weighted by Gasteiger charge is 2.62.